The van der Waals surface area contributed by atoms with Crippen LogP contribution in [0.25, 0.3) is 11.4 Å². The summed E-state index contributed by atoms with van der Waals surface area (Å²) in [5.41, 5.74) is 4.84. The second-order valence-electron chi connectivity index (χ2n) is 9.42. The highest BCUT2D eigenvalue weighted by Crippen LogP contribution is 2.45. The average molecular weight is 414 g/mol. The van der Waals surface area contributed by atoms with Gasteiger partial charge in [-0.15, -0.1) is 5.10 Å². The van der Waals surface area contributed by atoms with Gasteiger partial charge in [-0.2, -0.15) is 4.98 Å². The van der Waals surface area contributed by atoms with Crippen molar-refractivity contribution in [2.75, 3.05) is 24.3 Å². The fraction of sp³-hybridized carbons (Fsp3) is 0.320. The first-order valence-electron chi connectivity index (χ1n) is 10.6. The van der Waals surface area contributed by atoms with Crippen LogP contribution in [-0.4, -0.2) is 34.6 Å². The molecule has 1 aliphatic carbocycles. The van der Waals surface area contributed by atoms with Crippen LogP contribution in [-0.2, 0) is 4.79 Å². The highest BCUT2D eigenvalue weighted by atomic mass is 16.1. The SMILES string of the molecule is CN(C)c1ccc(-c2nc3n(n2)[C@H](c2ccccc2)C2=C(CC(C)(C)CC2=O)N3)cc1. The minimum absolute atomic E-state index is 0.0722. The molecule has 0 bridgehead atoms. The number of allylic oxidation sites excluding steroid dienone is 2. The van der Waals surface area contributed by atoms with Crippen molar-refractivity contribution < 1.29 is 4.79 Å². The van der Waals surface area contributed by atoms with E-state index >= 15 is 0 Å². The van der Waals surface area contributed by atoms with Crippen molar-refractivity contribution >= 4 is 17.4 Å². The molecule has 31 heavy (non-hydrogen) atoms. The molecule has 1 N–H and O–H groups in total. The van der Waals surface area contributed by atoms with Gasteiger partial charge in [0.2, 0.25) is 5.95 Å². The van der Waals surface area contributed by atoms with Gasteiger partial charge in [-0.05, 0) is 41.7 Å². The molecular weight excluding hydrogens is 386 g/mol. The number of carbonyl (C=O) groups is 1. The molecule has 6 nitrogen and oxygen atoms in total. The summed E-state index contributed by atoms with van der Waals surface area (Å²) in [7, 11) is 4.04. The summed E-state index contributed by atoms with van der Waals surface area (Å²) >= 11 is 0. The molecule has 1 atom stereocenters. The molecule has 6 heteroatoms. The van der Waals surface area contributed by atoms with E-state index in [0.717, 1.165) is 34.5 Å². The Labute approximate surface area is 182 Å². The van der Waals surface area contributed by atoms with Gasteiger partial charge in [0.15, 0.2) is 11.6 Å². The maximum absolute atomic E-state index is 13.3. The molecule has 0 radical (unpaired) electrons. The first-order chi connectivity index (χ1) is 14.8. The van der Waals surface area contributed by atoms with Crippen LogP contribution in [0.15, 0.2) is 65.9 Å². The van der Waals surface area contributed by atoms with E-state index in [0.29, 0.717) is 18.2 Å². The number of rotatable bonds is 3. The lowest BCUT2D eigenvalue weighted by molar-refractivity contribution is -0.118. The minimum Gasteiger partial charge on any atom is -0.378 e. The van der Waals surface area contributed by atoms with Crippen LogP contribution >= 0.6 is 0 Å². The van der Waals surface area contributed by atoms with Crippen molar-refractivity contribution in [2.24, 2.45) is 5.41 Å². The zero-order valence-electron chi connectivity index (χ0n) is 18.4. The number of hydrogen-bond acceptors (Lipinski definition) is 5. The van der Waals surface area contributed by atoms with Crippen LogP contribution in [0, 0.1) is 5.41 Å². The lowest BCUT2D eigenvalue weighted by atomic mass is 9.73. The highest BCUT2D eigenvalue weighted by Gasteiger charge is 2.41. The molecule has 1 aromatic heterocycles. The van der Waals surface area contributed by atoms with Crippen molar-refractivity contribution in [3.8, 4) is 11.4 Å². The van der Waals surface area contributed by atoms with Gasteiger partial charge >= 0.3 is 0 Å². The van der Waals surface area contributed by atoms with E-state index in [9.17, 15) is 4.79 Å². The zero-order chi connectivity index (χ0) is 21.8. The topological polar surface area (TPSA) is 63.1 Å². The largest absolute Gasteiger partial charge is 0.378 e. The molecule has 0 spiro atoms. The van der Waals surface area contributed by atoms with Gasteiger partial charge in [-0.3, -0.25) is 4.79 Å². The number of hydrogen-bond donors (Lipinski definition) is 1. The lowest BCUT2D eigenvalue weighted by Gasteiger charge is -2.38. The van der Waals surface area contributed by atoms with E-state index in [4.69, 9.17) is 10.1 Å². The number of anilines is 2. The summed E-state index contributed by atoms with van der Waals surface area (Å²) < 4.78 is 1.87. The van der Waals surface area contributed by atoms with E-state index < -0.39 is 0 Å². The van der Waals surface area contributed by atoms with Crippen LogP contribution in [0.5, 0.6) is 0 Å². The fourth-order valence-electron chi connectivity index (χ4n) is 4.58. The predicted molar refractivity (Wildman–Crippen MR) is 123 cm³/mol. The molecule has 0 unspecified atom stereocenters. The highest BCUT2D eigenvalue weighted by molar-refractivity contribution is 6.00. The molecule has 158 valence electrons. The maximum Gasteiger partial charge on any atom is 0.226 e. The molecule has 2 aliphatic rings. The van der Waals surface area contributed by atoms with Crippen molar-refractivity contribution in [3.05, 3.63) is 71.4 Å². The van der Waals surface area contributed by atoms with Gasteiger partial charge in [0.1, 0.15) is 6.04 Å². The van der Waals surface area contributed by atoms with Gasteiger partial charge in [0.25, 0.3) is 0 Å². The number of aromatic nitrogens is 3. The van der Waals surface area contributed by atoms with E-state index in [1.165, 1.54) is 0 Å². The Morgan fingerprint density at radius 2 is 1.74 bits per heavy atom. The molecule has 1 aliphatic heterocycles. The number of ketones is 1. The molecule has 2 aromatic carbocycles. The van der Waals surface area contributed by atoms with E-state index in [1.807, 2.05) is 49.1 Å². The second-order valence-corrected chi connectivity index (χ2v) is 9.42. The summed E-state index contributed by atoms with van der Waals surface area (Å²) in [5, 5.41) is 8.30. The molecule has 0 fully saturated rings. The van der Waals surface area contributed by atoms with Crippen molar-refractivity contribution in [1.29, 1.82) is 0 Å². The molecule has 0 saturated heterocycles. The summed E-state index contributed by atoms with van der Waals surface area (Å²) in [6.07, 6.45) is 1.36. The molecular formula is C25H27N5O. The fourth-order valence-corrected chi connectivity index (χ4v) is 4.58. The Kier molecular flexibility index (Phi) is 4.46. The maximum atomic E-state index is 13.3. The number of carbonyl (C=O) groups excluding carboxylic acids is 1. The van der Waals surface area contributed by atoms with E-state index in [2.05, 4.69) is 48.3 Å². The molecule has 0 amide bonds. The van der Waals surface area contributed by atoms with Crippen LogP contribution in [0.2, 0.25) is 0 Å². The van der Waals surface area contributed by atoms with Crippen molar-refractivity contribution in [1.82, 2.24) is 14.8 Å². The number of fused-ring (bicyclic) bond motifs is 1. The van der Waals surface area contributed by atoms with E-state index in [1.54, 1.807) is 0 Å². The predicted octanol–water partition coefficient (Wildman–Crippen LogP) is 4.67. The van der Waals surface area contributed by atoms with Crippen LogP contribution < -0.4 is 10.2 Å². The average Bonchev–Trinajstić information content (AvgIpc) is 3.15. The Bertz CT molecular complexity index is 1170. The third-order valence-electron chi connectivity index (χ3n) is 6.09. The third-order valence-corrected chi connectivity index (χ3v) is 6.09. The van der Waals surface area contributed by atoms with Crippen molar-refractivity contribution in [2.45, 2.75) is 32.7 Å². The standard InChI is InChI=1S/C25H27N5O/c1-25(2)14-19-21(20(31)15-25)22(16-8-6-5-7-9-16)30-24(26-19)27-23(28-30)17-10-12-18(13-11-17)29(3)4/h5-13,22H,14-15H2,1-4H3,(H,26,27,28)/t22-/m1/s1. The van der Waals surface area contributed by atoms with Crippen LogP contribution in [0.4, 0.5) is 11.6 Å². The first-order valence-corrected chi connectivity index (χ1v) is 10.6. The van der Waals surface area contributed by atoms with Crippen molar-refractivity contribution in [3.63, 3.8) is 0 Å². The number of benzene rings is 2. The lowest BCUT2D eigenvalue weighted by Crippen LogP contribution is -2.36. The monoisotopic (exact) mass is 413 g/mol. The van der Waals surface area contributed by atoms with Gasteiger partial charge in [0, 0.05) is 43.0 Å². The summed E-state index contributed by atoms with van der Waals surface area (Å²) in [4.78, 5) is 20.1. The minimum atomic E-state index is -0.265. The number of nitrogens with zero attached hydrogens (tertiary/aromatic N) is 4. The molecule has 0 saturated carbocycles. The smallest absolute Gasteiger partial charge is 0.226 e. The van der Waals surface area contributed by atoms with Gasteiger partial charge < -0.3 is 10.2 Å². The van der Waals surface area contributed by atoms with Gasteiger partial charge in [-0.25, -0.2) is 4.68 Å². The summed E-state index contributed by atoms with van der Waals surface area (Å²) in [5.74, 6) is 1.52. The Balaban J connectivity index is 1.62. The molecule has 3 aromatic rings. The van der Waals surface area contributed by atoms with Crippen LogP contribution in [0.1, 0.15) is 38.3 Å². The number of Topliss-reactive ketones (excluding diaryl/α,β-unsaturated/α-hetero) is 1. The normalized spacial score (nSPS) is 19.5. The van der Waals surface area contributed by atoms with Gasteiger partial charge in [-0.1, -0.05) is 44.2 Å². The zero-order valence-corrected chi connectivity index (χ0v) is 18.4. The number of nitrogens with one attached hydrogen (secondary N) is 1. The molecule has 5 rings (SSSR count). The van der Waals surface area contributed by atoms with E-state index in [-0.39, 0.29) is 17.2 Å². The van der Waals surface area contributed by atoms with Crippen LogP contribution in [0.3, 0.4) is 0 Å². The quantitative estimate of drug-likeness (QED) is 0.676. The Hall–Kier alpha value is -3.41. The Morgan fingerprint density at radius 3 is 2.42 bits per heavy atom. The third kappa shape index (κ3) is 3.42. The molecule has 2 heterocycles. The summed E-state index contributed by atoms with van der Waals surface area (Å²) in [6, 6.07) is 18.1. The summed E-state index contributed by atoms with van der Waals surface area (Å²) in [6.45, 7) is 4.29. The Morgan fingerprint density at radius 1 is 1.03 bits per heavy atom. The second kappa shape index (κ2) is 7.08. The first kappa shape index (κ1) is 19.5. The van der Waals surface area contributed by atoms with Gasteiger partial charge in [0.05, 0.1) is 0 Å².